The number of nitrogen functional groups attached to an aromatic ring is 1. The van der Waals surface area contributed by atoms with Crippen molar-refractivity contribution in [1.29, 1.82) is 0 Å². The van der Waals surface area contributed by atoms with E-state index >= 15 is 0 Å². The molecule has 0 radical (unpaired) electrons. The van der Waals surface area contributed by atoms with Gasteiger partial charge in [-0.25, -0.2) is 9.37 Å². The molecule has 0 bridgehead atoms. The molecule has 1 aromatic carbocycles. The minimum atomic E-state index is -0.459. The Morgan fingerprint density at radius 1 is 1.31 bits per heavy atom. The molecule has 0 aliphatic carbocycles. The van der Waals surface area contributed by atoms with Crippen LogP contribution in [-0.2, 0) is 5.41 Å². The third kappa shape index (κ3) is 1.80. The Labute approximate surface area is 97.9 Å². The number of halogens is 1. The lowest BCUT2D eigenvalue weighted by Crippen LogP contribution is -2.21. The maximum Gasteiger partial charge on any atom is 0.180 e. The normalized spacial score (nSPS) is 11.7. The van der Waals surface area contributed by atoms with Gasteiger partial charge in [-0.05, 0) is 11.6 Å². The molecule has 0 spiro atoms. The first-order valence-electron chi connectivity index (χ1n) is 4.98. The molecule has 0 atom stereocenters. The Morgan fingerprint density at radius 3 is 2.56 bits per heavy atom. The van der Waals surface area contributed by atoms with Gasteiger partial charge in [0.15, 0.2) is 5.13 Å². The largest absolute Gasteiger partial charge is 0.375 e. The molecule has 1 heterocycles. The summed E-state index contributed by atoms with van der Waals surface area (Å²) in [6.45, 7) is 3.89. The van der Waals surface area contributed by atoms with Gasteiger partial charge in [0.05, 0.1) is 5.69 Å². The maximum absolute atomic E-state index is 13.7. The van der Waals surface area contributed by atoms with Crippen LogP contribution < -0.4 is 5.73 Å². The number of benzene rings is 1. The minimum Gasteiger partial charge on any atom is -0.375 e. The number of nitrogens with zero attached hydrogens (tertiary/aromatic N) is 1. The maximum atomic E-state index is 13.7. The highest BCUT2D eigenvalue weighted by atomic mass is 32.1. The van der Waals surface area contributed by atoms with Crippen LogP contribution in [0.1, 0.15) is 25.1 Å². The van der Waals surface area contributed by atoms with Crippen molar-refractivity contribution in [3.8, 4) is 0 Å². The molecule has 4 heteroatoms. The molecule has 84 valence electrons. The predicted octanol–water partition coefficient (Wildman–Crippen LogP) is 3.19. The summed E-state index contributed by atoms with van der Waals surface area (Å²) in [6, 6.07) is 6.76. The highest BCUT2D eigenvalue weighted by Gasteiger charge is 2.28. The summed E-state index contributed by atoms with van der Waals surface area (Å²) in [5.41, 5.74) is 6.59. The van der Waals surface area contributed by atoms with Gasteiger partial charge < -0.3 is 5.73 Å². The Bertz CT molecular complexity index is 505. The number of hydrogen-bond donors (Lipinski definition) is 1. The van der Waals surface area contributed by atoms with Crippen molar-refractivity contribution in [1.82, 2.24) is 4.98 Å². The SMILES string of the molecule is CC(C)(c1csc(N)n1)c1ccccc1F. The summed E-state index contributed by atoms with van der Waals surface area (Å²) in [5, 5.41) is 2.39. The van der Waals surface area contributed by atoms with Crippen molar-refractivity contribution in [2.24, 2.45) is 0 Å². The van der Waals surface area contributed by atoms with E-state index in [1.165, 1.54) is 17.4 Å². The summed E-state index contributed by atoms with van der Waals surface area (Å²) in [4.78, 5) is 4.23. The van der Waals surface area contributed by atoms with Gasteiger partial charge in [0.2, 0.25) is 0 Å². The summed E-state index contributed by atoms with van der Waals surface area (Å²) < 4.78 is 13.7. The molecule has 0 fully saturated rings. The van der Waals surface area contributed by atoms with Gasteiger partial charge in [0.1, 0.15) is 5.82 Å². The molecule has 2 nitrogen and oxygen atoms in total. The Morgan fingerprint density at radius 2 is 2.00 bits per heavy atom. The summed E-state index contributed by atoms with van der Waals surface area (Å²) in [5.74, 6) is -0.209. The van der Waals surface area contributed by atoms with E-state index in [2.05, 4.69) is 4.98 Å². The molecule has 1 aromatic heterocycles. The molecule has 0 saturated carbocycles. The smallest absolute Gasteiger partial charge is 0.180 e. The van der Waals surface area contributed by atoms with Crippen LogP contribution in [0, 0.1) is 5.82 Å². The van der Waals surface area contributed by atoms with Crippen molar-refractivity contribution in [3.63, 3.8) is 0 Å². The van der Waals surface area contributed by atoms with Gasteiger partial charge in [-0.1, -0.05) is 32.0 Å². The molecule has 0 amide bonds. The van der Waals surface area contributed by atoms with Crippen LogP contribution in [0.3, 0.4) is 0 Å². The number of rotatable bonds is 2. The van der Waals surface area contributed by atoms with Crippen molar-refractivity contribution >= 4 is 16.5 Å². The fraction of sp³-hybridized carbons (Fsp3) is 0.250. The van der Waals surface area contributed by atoms with E-state index < -0.39 is 5.41 Å². The van der Waals surface area contributed by atoms with Crippen LogP contribution in [0.5, 0.6) is 0 Å². The molecule has 0 aliphatic rings. The fourth-order valence-electron chi connectivity index (χ4n) is 1.68. The molecule has 16 heavy (non-hydrogen) atoms. The lowest BCUT2D eigenvalue weighted by atomic mass is 9.82. The molecule has 2 rings (SSSR count). The van der Waals surface area contributed by atoms with Gasteiger partial charge in [-0.2, -0.15) is 0 Å². The lowest BCUT2D eigenvalue weighted by molar-refractivity contribution is 0.541. The van der Waals surface area contributed by atoms with E-state index in [9.17, 15) is 4.39 Å². The number of nitrogens with two attached hydrogens (primary N) is 1. The summed E-state index contributed by atoms with van der Waals surface area (Å²) in [7, 11) is 0. The van der Waals surface area contributed by atoms with Crippen LogP contribution in [0.15, 0.2) is 29.6 Å². The Hall–Kier alpha value is -1.42. The Balaban J connectivity index is 2.50. The third-order valence-corrected chi connectivity index (χ3v) is 3.38. The fourth-order valence-corrected chi connectivity index (χ4v) is 2.41. The molecule has 2 N–H and O–H groups in total. The molecule has 0 saturated heterocycles. The van der Waals surface area contributed by atoms with Gasteiger partial charge >= 0.3 is 0 Å². The molecular formula is C12H13FN2S. The summed E-state index contributed by atoms with van der Waals surface area (Å²) in [6.07, 6.45) is 0. The average Bonchev–Trinajstić information content (AvgIpc) is 2.66. The highest BCUT2D eigenvalue weighted by Crippen LogP contribution is 2.33. The van der Waals surface area contributed by atoms with Gasteiger partial charge in [-0.3, -0.25) is 0 Å². The number of aromatic nitrogens is 1. The molecular weight excluding hydrogens is 223 g/mol. The van der Waals surface area contributed by atoms with E-state index in [0.717, 1.165) is 5.69 Å². The van der Waals surface area contributed by atoms with Crippen LogP contribution in [-0.4, -0.2) is 4.98 Å². The number of hydrogen-bond acceptors (Lipinski definition) is 3. The van der Waals surface area contributed by atoms with E-state index in [1.807, 2.05) is 25.3 Å². The predicted molar refractivity (Wildman–Crippen MR) is 65.1 cm³/mol. The average molecular weight is 236 g/mol. The Kier molecular flexibility index (Phi) is 2.68. The van der Waals surface area contributed by atoms with Gasteiger partial charge in [-0.15, -0.1) is 11.3 Å². The number of anilines is 1. The van der Waals surface area contributed by atoms with E-state index in [0.29, 0.717) is 10.7 Å². The van der Waals surface area contributed by atoms with E-state index in [4.69, 9.17) is 5.73 Å². The molecule has 2 aromatic rings. The first-order valence-corrected chi connectivity index (χ1v) is 5.86. The third-order valence-electron chi connectivity index (χ3n) is 2.71. The first kappa shape index (κ1) is 11.1. The zero-order valence-corrected chi connectivity index (χ0v) is 10.0. The van der Waals surface area contributed by atoms with Crippen molar-refractivity contribution in [2.75, 3.05) is 5.73 Å². The second-order valence-electron chi connectivity index (χ2n) is 4.18. The van der Waals surface area contributed by atoms with Crippen LogP contribution in [0.25, 0.3) is 0 Å². The van der Waals surface area contributed by atoms with Crippen LogP contribution >= 0.6 is 11.3 Å². The first-order chi connectivity index (χ1) is 7.51. The molecule has 0 aliphatic heterocycles. The second-order valence-corrected chi connectivity index (χ2v) is 5.07. The van der Waals surface area contributed by atoms with E-state index in [-0.39, 0.29) is 5.82 Å². The van der Waals surface area contributed by atoms with Crippen LogP contribution in [0.4, 0.5) is 9.52 Å². The van der Waals surface area contributed by atoms with Crippen molar-refractivity contribution < 1.29 is 4.39 Å². The lowest BCUT2D eigenvalue weighted by Gasteiger charge is -2.23. The van der Waals surface area contributed by atoms with Crippen LogP contribution in [0.2, 0.25) is 0 Å². The van der Waals surface area contributed by atoms with E-state index in [1.54, 1.807) is 12.1 Å². The van der Waals surface area contributed by atoms with Gasteiger partial charge in [0, 0.05) is 10.8 Å². The number of thiazole rings is 1. The zero-order valence-electron chi connectivity index (χ0n) is 9.20. The van der Waals surface area contributed by atoms with Crippen molar-refractivity contribution in [2.45, 2.75) is 19.3 Å². The van der Waals surface area contributed by atoms with Gasteiger partial charge in [0.25, 0.3) is 0 Å². The highest BCUT2D eigenvalue weighted by molar-refractivity contribution is 7.13. The monoisotopic (exact) mass is 236 g/mol. The molecule has 0 unspecified atom stereocenters. The summed E-state index contributed by atoms with van der Waals surface area (Å²) >= 11 is 1.38. The topological polar surface area (TPSA) is 38.9 Å². The van der Waals surface area contributed by atoms with Crippen molar-refractivity contribution in [3.05, 3.63) is 46.7 Å². The quantitative estimate of drug-likeness (QED) is 0.869. The second kappa shape index (κ2) is 3.87. The minimum absolute atomic E-state index is 0.209. The standard InChI is InChI=1S/C12H13FN2S/c1-12(2,10-7-16-11(14)15-10)8-5-3-4-6-9(8)13/h3-7H,1-2H3,(H2,14,15). The zero-order chi connectivity index (χ0) is 11.8.